The molecule has 1 heterocycles. The number of rotatable bonds is 13. The van der Waals surface area contributed by atoms with Crippen LogP contribution in [0.4, 0.5) is 4.79 Å². The van der Waals surface area contributed by atoms with E-state index < -0.39 is 23.9 Å². The third-order valence-electron chi connectivity index (χ3n) is 5.61. The Labute approximate surface area is 232 Å². The summed E-state index contributed by atoms with van der Waals surface area (Å²) in [5, 5.41) is 9.29. The molecule has 0 saturated heterocycles. The normalized spacial score (nSPS) is 14.6. The summed E-state index contributed by atoms with van der Waals surface area (Å²) in [4.78, 5) is 37.1. The predicted molar refractivity (Wildman–Crippen MR) is 147 cm³/mol. The number of hydrogen-bond donors (Lipinski definition) is 3. The molecular weight excluding hydrogens is 520 g/mol. The molecule has 0 bridgehead atoms. The van der Waals surface area contributed by atoms with E-state index in [0.717, 1.165) is 0 Å². The number of methoxy groups -OCH3 is 2. The third kappa shape index (κ3) is 7.31. The van der Waals surface area contributed by atoms with Crippen molar-refractivity contribution in [3.05, 3.63) is 71.5 Å². The Balaban J connectivity index is 1.69. The maximum atomic E-state index is 12.6. The molecule has 40 heavy (non-hydrogen) atoms. The molecule has 0 unspecified atom stereocenters. The number of nitrogens with one attached hydrogen (secondary N) is 3. The molecule has 0 aromatic heterocycles. The van der Waals surface area contributed by atoms with E-state index in [1.165, 1.54) is 20.4 Å². The van der Waals surface area contributed by atoms with Crippen molar-refractivity contribution in [1.29, 1.82) is 0 Å². The zero-order valence-electron chi connectivity index (χ0n) is 22.7. The highest BCUT2D eigenvalue weighted by atomic mass is 16.5. The van der Waals surface area contributed by atoms with Crippen molar-refractivity contribution in [3.63, 3.8) is 0 Å². The first-order valence-corrected chi connectivity index (χ1v) is 12.3. The van der Waals surface area contributed by atoms with Crippen LogP contribution in [0, 0.1) is 0 Å². The number of hydrazone groups is 1. The molecule has 0 radical (unpaired) electrons. The first-order chi connectivity index (χ1) is 19.3. The highest BCUT2D eigenvalue weighted by molar-refractivity contribution is 5.95. The molecule has 12 heteroatoms. The first kappa shape index (κ1) is 29.6. The summed E-state index contributed by atoms with van der Waals surface area (Å²) in [6, 6.07) is 8.89. The minimum Gasteiger partial charge on any atom is -0.493 e. The van der Waals surface area contributed by atoms with Gasteiger partial charge in [-0.05, 0) is 43.7 Å². The van der Waals surface area contributed by atoms with Gasteiger partial charge in [0.2, 0.25) is 0 Å². The van der Waals surface area contributed by atoms with E-state index >= 15 is 0 Å². The molecule has 3 N–H and O–H groups in total. The lowest BCUT2D eigenvalue weighted by Gasteiger charge is -2.28. The highest BCUT2D eigenvalue weighted by Gasteiger charge is 2.32. The van der Waals surface area contributed by atoms with E-state index in [1.807, 2.05) is 0 Å². The van der Waals surface area contributed by atoms with E-state index in [2.05, 4.69) is 27.7 Å². The molecule has 0 saturated carbocycles. The molecule has 12 nitrogen and oxygen atoms in total. The minimum absolute atomic E-state index is 0.183. The molecule has 3 amide bonds. The number of urea groups is 1. The molecule has 2 aromatic rings. The number of nitrogens with zero attached hydrogens (tertiary/aromatic N) is 1. The van der Waals surface area contributed by atoms with Crippen LogP contribution in [0.2, 0.25) is 0 Å². The van der Waals surface area contributed by atoms with Gasteiger partial charge in [-0.15, -0.1) is 0 Å². The summed E-state index contributed by atoms with van der Waals surface area (Å²) in [5.74, 6) is 0.472. The number of hydrogen-bond acceptors (Lipinski definition) is 9. The Bertz CT molecular complexity index is 1320. The maximum absolute atomic E-state index is 12.6. The number of esters is 1. The zero-order chi connectivity index (χ0) is 29.1. The molecule has 0 spiro atoms. The van der Waals surface area contributed by atoms with Crippen LogP contribution in [0.3, 0.4) is 0 Å². The van der Waals surface area contributed by atoms with Gasteiger partial charge in [0, 0.05) is 11.3 Å². The van der Waals surface area contributed by atoms with Gasteiger partial charge in [0.05, 0.1) is 38.7 Å². The van der Waals surface area contributed by atoms with Crippen LogP contribution in [0.5, 0.6) is 23.0 Å². The lowest BCUT2D eigenvalue weighted by molar-refractivity contribution is -0.139. The second-order valence-electron chi connectivity index (χ2n) is 8.26. The van der Waals surface area contributed by atoms with Gasteiger partial charge in [0.15, 0.2) is 29.6 Å². The van der Waals surface area contributed by atoms with Crippen molar-refractivity contribution >= 4 is 24.1 Å². The highest BCUT2D eigenvalue weighted by Crippen LogP contribution is 2.34. The molecular formula is C28H32N4O8. The Morgan fingerprint density at radius 3 is 2.58 bits per heavy atom. The van der Waals surface area contributed by atoms with Crippen LogP contribution in [0.1, 0.15) is 31.0 Å². The quantitative estimate of drug-likeness (QED) is 0.149. The first-order valence-electron chi connectivity index (χ1n) is 12.3. The largest absolute Gasteiger partial charge is 0.493 e. The summed E-state index contributed by atoms with van der Waals surface area (Å²) < 4.78 is 27.2. The van der Waals surface area contributed by atoms with E-state index in [0.29, 0.717) is 34.1 Å². The number of carbonyl (C=O) groups is 3. The molecule has 2 aromatic carbocycles. The average Bonchev–Trinajstić information content (AvgIpc) is 2.94. The summed E-state index contributed by atoms with van der Waals surface area (Å²) in [6.07, 6.45) is 3.03. The summed E-state index contributed by atoms with van der Waals surface area (Å²) in [7, 11) is 2.96. The van der Waals surface area contributed by atoms with Crippen LogP contribution in [0.25, 0.3) is 0 Å². The predicted octanol–water partition coefficient (Wildman–Crippen LogP) is 2.99. The van der Waals surface area contributed by atoms with Crippen LogP contribution < -0.4 is 35.0 Å². The van der Waals surface area contributed by atoms with Gasteiger partial charge in [-0.1, -0.05) is 24.8 Å². The van der Waals surface area contributed by atoms with Gasteiger partial charge in [-0.2, -0.15) is 5.10 Å². The molecule has 3 rings (SSSR count). The van der Waals surface area contributed by atoms with Crippen molar-refractivity contribution in [2.24, 2.45) is 5.10 Å². The fourth-order valence-electron chi connectivity index (χ4n) is 3.85. The Kier molecular flexibility index (Phi) is 10.5. The molecule has 1 aliphatic heterocycles. The summed E-state index contributed by atoms with van der Waals surface area (Å²) in [5.41, 5.74) is 4.20. The number of ether oxygens (including phenoxy) is 5. The van der Waals surface area contributed by atoms with E-state index in [1.54, 1.807) is 56.3 Å². The van der Waals surface area contributed by atoms with Crippen molar-refractivity contribution in [2.45, 2.75) is 19.9 Å². The zero-order valence-corrected chi connectivity index (χ0v) is 22.7. The van der Waals surface area contributed by atoms with Gasteiger partial charge in [0.25, 0.3) is 5.91 Å². The van der Waals surface area contributed by atoms with E-state index in [9.17, 15) is 14.4 Å². The van der Waals surface area contributed by atoms with Crippen molar-refractivity contribution < 1.29 is 38.1 Å². The Morgan fingerprint density at radius 1 is 1.10 bits per heavy atom. The fraction of sp³-hybridized carbons (Fsp3) is 0.286. The number of para-hydroxylation sites is 1. The number of allylic oxidation sites excluding steroid dienone is 1. The van der Waals surface area contributed by atoms with Crippen molar-refractivity contribution in [1.82, 2.24) is 16.1 Å². The number of benzene rings is 2. The van der Waals surface area contributed by atoms with Crippen molar-refractivity contribution in [2.75, 3.05) is 34.0 Å². The fourth-order valence-corrected chi connectivity index (χ4v) is 3.85. The second-order valence-corrected chi connectivity index (χ2v) is 8.26. The summed E-state index contributed by atoms with van der Waals surface area (Å²) >= 11 is 0. The van der Waals surface area contributed by atoms with Crippen LogP contribution in [-0.2, 0) is 14.3 Å². The number of amides is 3. The monoisotopic (exact) mass is 552 g/mol. The SMILES string of the molecule is C=CCOc1c(/C=N/NC(=O)COc2ccc([C@H]3NC(=O)NC(C)=C3C(=O)OCC)cc2OC)cccc1OC. The maximum Gasteiger partial charge on any atom is 0.338 e. The van der Waals surface area contributed by atoms with E-state index in [4.69, 9.17) is 23.7 Å². The van der Waals surface area contributed by atoms with Crippen LogP contribution in [0.15, 0.2) is 65.4 Å². The third-order valence-corrected chi connectivity index (χ3v) is 5.61. The van der Waals surface area contributed by atoms with Gasteiger partial charge in [0.1, 0.15) is 6.61 Å². The average molecular weight is 553 g/mol. The minimum atomic E-state index is -0.773. The Hall–Kier alpha value is -5.00. The molecule has 0 fully saturated rings. The molecule has 1 atom stereocenters. The standard InChI is InChI=1S/C28H32N4O8/c1-6-13-39-26-19(9-8-10-21(26)36-4)15-29-32-23(33)16-40-20-12-11-18(14-22(20)37-5)25-24(27(34)38-7-2)17(3)30-28(35)31-25/h6,8-12,14-15,25H,1,7,13,16H2,2-5H3,(H,32,33)(H2,30,31,35)/b29-15+/t25-/m1/s1. The molecule has 212 valence electrons. The Morgan fingerprint density at radius 2 is 1.88 bits per heavy atom. The van der Waals surface area contributed by atoms with Gasteiger partial charge in [-0.25, -0.2) is 15.0 Å². The number of carbonyl (C=O) groups excluding carboxylic acids is 3. The smallest absolute Gasteiger partial charge is 0.338 e. The van der Waals surface area contributed by atoms with Gasteiger partial charge in [-0.3, -0.25) is 4.79 Å². The van der Waals surface area contributed by atoms with E-state index in [-0.39, 0.29) is 31.1 Å². The van der Waals surface area contributed by atoms with Gasteiger partial charge >= 0.3 is 12.0 Å². The topological polar surface area (TPSA) is 146 Å². The lowest BCUT2D eigenvalue weighted by Crippen LogP contribution is -2.45. The summed E-state index contributed by atoms with van der Waals surface area (Å²) in [6.45, 7) is 7.05. The second kappa shape index (κ2) is 14.2. The molecule has 1 aliphatic rings. The van der Waals surface area contributed by atoms with Crippen LogP contribution >= 0.6 is 0 Å². The molecule has 0 aliphatic carbocycles. The van der Waals surface area contributed by atoms with Crippen LogP contribution in [-0.4, -0.2) is 58.2 Å². The van der Waals surface area contributed by atoms with Crippen molar-refractivity contribution in [3.8, 4) is 23.0 Å². The lowest BCUT2D eigenvalue weighted by atomic mass is 9.95. The van der Waals surface area contributed by atoms with Gasteiger partial charge < -0.3 is 34.3 Å².